The Labute approximate surface area is 126 Å². The average Bonchev–Trinajstić information content (AvgIpc) is 3.01. The van der Waals surface area contributed by atoms with Crippen LogP contribution in [0.4, 0.5) is 10.7 Å². The van der Waals surface area contributed by atoms with Crippen molar-refractivity contribution < 1.29 is 18.9 Å². The molecule has 22 heavy (non-hydrogen) atoms. The highest BCUT2D eigenvalue weighted by molar-refractivity contribution is 5.79. The summed E-state index contributed by atoms with van der Waals surface area (Å²) >= 11 is 0. The first kappa shape index (κ1) is 15.7. The van der Waals surface area contributed by atoms with Crippen molar-refractivity contribution >= 4 is 24.3 Å². The predicted octanol–water partition coefficient (Wildman–Crippen LogP) is 1.57. The van der Waals surface area contributed by atoms with Crippen LogP contribution in [-0.2, 0) is 4.74 Å². The summed E-state index contributed by atoms with van der Waals surface area (Å²) in [6.45, 7) is 1.01. The van der Waals surface area contributed by atoms with Crippen molar-refractivity contribution in [2.45, 2.75) is 6.10 Å². The average molecular weight is 308 g/mol. The number of allylic oxidation sites excluding steroid dienone is 1. The molecule has 0 unspecified atom stereocenters. The van der Waals surface area contributed by atoms with E-state index < -0.39 is 11.0 Å². The molecule has 0 aromatic carbocycles. The molecule has 2 rings (SSSR count). The topological polar surface area (TPSA) is 101 Å². The number of hydrazone groups is 1. The first-order valence-corrected chi connectivity index (χ1v) is 6.53. The number of amides is 1. The van der Waals surface area contributed by atoms with E-state index in [0.29, 0.717) is 18.8 Å². The van der Waals surface area contributed by atoms with Crippen LogP contribution in [0.1, 0.15) is 5.76 Å². The van der Waals surface area contributed by atoms with Gasteiger partial charge in [0, 0.05) is 12.8 Å². The fraction of sp³-hybridized carbons (Fsp3) is 0.385. The van der Waals surface area contributed by atoms with Gasteiger partial charge >= 0.3 is 12.0 Å². The highest BCUT2D eigenvalue weighted by Gasteiger charge is 2.31. The first-order valence-electron chi connectivity index (χ1n) is 6.53. The largest absolute Gasteiger partial charge is 0.441 e. The Kier molecular flexibility index (Phi) is 4.89. The van der Waals surface area contributed by atoms with Gasteiger partial charge < -0.3 is 14.1 Å². The van der Waals surface area contributed by atoms with Crippen LogP contribution in [0.3, 0.4) is 0 Å². The first-order chi connectivity index (χ1) is 10.5. The SMILES string of the molecule is CN(C)C[C@@H]1CN(/N=C/C=C/c2ccc([N+](=O)[O-])o2)C(=O)O1. The molecule has 0 bridgehead atoms. The second-order valence-corrected chi connectivity index (χ2v) is 4.91. The number of nitrogens with zero attached hydrogens (tertiary/aromatic N) is 4. The Morgan fingerprint density at radius 1 is 1.55 bits per heavy atom. The Bertz CT molecular complexity index is 607. The van der Waals surface area contributed by atoms with E-state index in [0.717, 1.165) is 0 Å². The van der Waals surface area contributed by atoms with Gasteiger partial charge in [-0.25, -0.2) is 4.79 Å². The maximum absolute atomic E-state index is 11.6. The highest BCUT2D eigenvalue weighted by Crippen LogP contribution is 2.16. The summed E-state index contributed by atoms with van der Waals surface area (Å²) in [4.78, 5) is 23.3. The Morgan fingerprint density at radius 3 is 2.95 bits per heavy atom. The normalized spacial score (nSPS) is 18.8. The van der Waals surface area contributed by atoms with Crippen molar-refractivity contribution in [1.29, 1.82) is 0 Å². The molecule has 1 aliphatic rings. The minimum atomic E-state index is -0.615. The molecule has 0 spiro atoms. The van der Waals surface area contributed by atoms with Crippen LogP contribution in [0.2, 0.25) is 0 Å². The van der Waals surface area contributed by atoms with Crippen LogP contribution in [-0.4, -0.2) is 60.4 Å². The third-order valence-electron chi connectivity index (χ3n) is 2.77. The van der Waals surface area contributed by atoms with E-state index in [-0.39, 0.29) is 12.0 Å². The lowest BCUT2D eigenvalue weighted by molar-refractivity contribution is -0.402. The van der Waals surface area contributed by atoms with Crippen LogP contribution < -0.4 is 0 Å². The molecule has 0 radical (unpaired) electrons. The number of nitro groups is 1. The Hall–Kier alpha value is -2.68. The maximum atomic E-state index is 11.6. The molecule has 2 heterocycles. The van der Waals surface area contributed by atoms with Gasteiger partial charge in [0.1, 0.15) is 16.8 Å². The van der Waals surface area contributed by atoms with Crippen LogP contribution in [0.15, 0.2) is 27.7 Å². The van der Waals surface area contributed by atoms with Gasteiger partial charge in [0.25, 0.3) is 0 Å². The molecule has 1 saturated heterocycles. The molecule has 1 aromatic heterocycles. The van der Waals surface area contributed by atoms with Crippen molar-refractivity contribution in [3.63, 3.8) is 0 Å². The maximum Gasteiger partial charge on any atom is 0.433 e. The van der Waals surface area contributed by atoms with Crippen molar-refractivity contribution in [3.8, 4) is 0 Å². The predicted molar refractivity (Wildman–Crippen MR) is 78.4 cm³/mol. The van der Waals surface area contributed by atoms with Gasteiger partial charge in [0.15, 0.2) is 0 Å². The van der Waals surface area contributed by atoms with Gasteiger partial charge in [-0.3, -0.25) is 10.1 Å². The summed E-state index contributed by atoms with van der Waals surface area (Å²) in [7, 11) is 3.79. The fourth-order valence-corrected chi connectivity index (χ4v) is 1.89. The number of hydrogen-bond donors (Lipinski definition) is 0. The molecule has 9 nitrogen and oxygen atoms in total. The number of carbonyl (C=O) groups excluding carboxylic acids is 1. The van der Waals surface area contributed by atoms with E-state index in [4.69, 9.17) is 9.15 Å². The van der Waals surface area contributed by atoms with E-state index in [1.807, 2.05) is 19.0 Å². The third-order valence-corrected chi connectivity index (χ3v) is 2.77. The van der Waals surface area contributed by atoms with Crippen LogP contribution >= 0.6 is 0 Å². The number of furan rings is 1. The molecule has 1 atom stereocenters. The van der Waals surface area contributed by atoms with Gasteiger partial charge in [-0.15, -0.1) is 0 Å². The Morgan fingerprint density at radius 2 is 2.32 bits per heavy atom. The monoisotopic (exact) mass is 308 g/mol. The van der Waals surface area contributed by atoms with Gasteiger partial charge in [0.05, 0.1) is 12.6 Å². The highest BCUT2D eigenvalue weighted by atomic mass is 16.6. The lowest BCUT2D eigenvalue weighted by Gasteiger charge is -2.13. The summed E-state index contributed by atoms with van der Waals surface area (Å²) in [5.74, 6) is -0.00105. The standard InChI is InChI=1S/C13H16N4O5/c1-15(2)8-11-9-16(13(18)22-11)14-7-3-4-10-5-6-12(21-10)17(19)20/h3-7,11H,8-9H2,1-2H3/b4-3+,14-7+/t11-/m1/s1. The molecule has 1 amide bonds. The second kappa shape index (κ2) is 6.85. The van der Waals surface area contributed by atoms with Gasteiger partial charge in [0.2, 0.25) is 0 Å². The summed E-state index contributed by atoms with van der Waals surface area (Å²) in [6.07, 6.45) is 3.72. The number of hydrogen-bond acceptors (Lipinski definition) is 7. The third kappa shape index (κ3) is 4.16. The van der Waals surface area contributed by atoms with Crippen molar-refractivity contribution in [2.75, 3.05) is 27.2 Å². The fourth-order valence-electron chi connectivity index (χ4n) is 1.89. The summed E-state index contributed by atoms with van der Waals surface area (Å²) < 4.78 is 10.1. The summed E-state index contributed by atoms with van der Waals surface area (Å²) in [5, 5.41) is 15.7. The Balaban J connectivity index is 1.87. The summed E-state index contributed by atoms with van der Waals surface area (Å²) in [5.41, 5.74) is 0. The zero-order valence-electron chi connectivity index (χ0n) is 12.2. The lowest BCUT2D eigenvalue weighted by atomic mass is 10.3. The number of cyclic esters (lactones) is 1. The second-order valence-electron chi connectivity index (χ2n) is 4.91. The molecule has 1 fully saturated rings. The van der Waals surface area contributed by atoms with Crippen LogP contribution in [0.5, 0.6) is 0 Å². The van der Waals surface area contributed by atoms with E-state index >= 15 is 0 Å². The van der Waals surface area contributed by atoms with Crippen molar-refractivity contribution in [3.05, 3.63) is 34.1 Å². The smallest absolute Gasteiger partial charge is 0.433 e. The molecule has 0 saturated carbocycles. The van der Waals surface area contributed by atoms with Crippen molar-refractivity contribution in [2.24, 2.45) is 5.10 Å². The van der Waals surface area contributed by atoms with E-state index in [1.54, 1.807) is 0 Å². The van der Waals surface area contributed by atoms with E-state index in [2.05, 4.69) is 5.10 Å². The van der Waals surface area contributed by atoms with Gasteiger partial charge in [-0.2, -0.15) is 10.1 Å². The molecular weight excluding hydrogens is 292 g/mol. The molecule has 0 N–H and O–H groups in total. The molecule has 9 heteroatoms. The minimum absolute atomic E-state index is 0.212. The molecule has 1 aliphatic heterocycles. The van der Waals surface area contributed by atoms with E-state index in [9.17, 15) is 14.9 Å². The number of likely N-dealkylation sites (N-methyl/N-ethyl adjacent to an activating group) is 1. The van der Waals surface area contributed by atoms with Crippen molar-refractivity contribution in [1.82, 2.24) is 9.91 Å². The minimum Gasteiger partial charge on any atom is -0.441 e. The number of carbonyl (C=O) groups is 1. The van der Waals surface area contributed by atoms with Gasteiger partial charge in [-0.1, -0.05) is 0 Å². The zero-order chi connectivity index (χ0) is 16.1. The number of rotatable bonds is 6. The lowest BCUT2D eigenvalue weighted by Crippen LogP contribution is -2.28. The molecule has 0 aliphatic carbocycles. The van der Waals surface area contributed by atoms with Gasteiger partial charge in [-0.05, 0) is 32.3 Å². The zero-order valence-corrected chi connectivity index (χ0v) is 12.2. The molecule has 118 valence electrons. The molecule has 1 aromatic rings. The van der Waals surface area contributed by atoms with Crippen LogP contribution in [0.25, 0.3) is 6.08 Å². The van der Waals surface area contributed by atoms with E-state index in [1.165, 1.54) is 35.5 Å². The van der Waals surface area contributed by atoms with Crippen LogP contribution in [0, 0.1) is 10.1 Å². The number of ether oxygens (including phenoxy) is 1. The molecular formula is C13H16N4O5. The summed E-state index contributed by atoms with van der Waals surface area (Å²) in [6, 6.07) is 2.74. The quantitative estimate of drug-likeness (QED) is 0.449.